The number of carbonyl (C=O) groups excluding carboxylic acids is 1. The molecule has 1 aromatic carbocycles. The van der Waals surface area contributed by atoms with Crippen LogP contribution in [0, 0.1) is 0 Å². The van der Waals surface area contributed by atoms with Crippen LogP contribution >= 0.6 is 22.9 Å². The fourth-order valence-electron chi connectivity index (χ4n) is 2.61. The molecule has 2 heterocycles. The molecule has 1 N–H and O–H groups in total. The molecule has 0 atom stereocenters. The number of urea groups is 1. The smallest absolute Gasteiger partial charge is 0.321 e. The van der Waals surface area contributed by atoms with E-state index in [4.69, 9.17) is 11.6 Å². The number of nitrogens with one attached hydrogen (secondary N) is 1. The quantitative estimate of drug-likeness (QED) is 0.860. The Morgan fingerprint density at radius 1 is 1.08 bits per heavy atom. The van der Waals surface area contributed by atoms with Crippen LogP contribution in [0.25, 0.3) is 0 Å². The van der Waals surface area contributed by atoms with E-state index in [0.717, 1.165) is 0 Å². The van der Waals surface area contributed by atoms with Gasteiger partial charge in [0.1, 0.15) is 4.21 Å². The van der Waals surface area contributed by atoms with E-state index >= 15 is 0 Å². The van der Waals surface area contributed by atoms with Crippen molar-refractivity contribution in [1.29, 1.82) is 0 Å². The van der Waals surface area contributed by atoms with E-state index in [9.17, 15) is 13.2 Å². The Morgan fingerprint density at radius 3 is 2.52 bits per heavy atom. The zero-order valence-electron chi connectivity index (χ0n) is 13.4. The number of nitrogens with zero attached hydrogens (tertiary/aromatic N) is 2. The van der Waals surface area contributed by atoms with Gasteiger partial charge in [-0.15, -0.1) is 11.3 Å². The van der Waals surface area contributed by atoms with E-state index in [1.807, 2.05) is 0 Å². The maximum absolute atomic E-state index is 12.6. The van der Waals surface area contributed by atoms with Gasteiger partial charge in [-0.25, -0.2) is 13.2 Å². The largest absolute Gasteiger partial charge is 0.323 e. The molecule has 0 bridgehead atoms. The second kappa shape index (κ2) is 7.74. The first kappa shape index (κ1) is 18.2. The summed E-state index contributed by atoms with van der Waals surface area (Å²) in [5.74, 6) is 0. The van der Waals surface area contributed by atoms with Crippen LogP contribution in [0.3, 0.4) is 0 Å². The monoisotopic (exact) mass is 399 g/mol. The van der Waals surface area contributed by atoms with E-state index in [0.29, 0.717) is 41.0 Å². The number of benzene rings is 1. The summed E-state index contributed by atoms with van der Waals surface area (Å²) in [6, 6.07) is 9.95. The summed E-state index contributed by atoms with van der Waals surface area (Å²) in [5.41, 5.74) is 0.654. The van der Waals surface area contributed by atoms with Crippen LogP contribution in [0.1, 0.15) is 6.42 Å². The Morgan fingerprint density at radius 2 is 1.84 bits per heavy atom. The van der Waals surface area contributed by atoms with Crippen LogP contribution in [0.15, 0.2) is 46.0 Å². The number of amides is 2. The fraction of sp³-hybridized carbons (Fsp3) is 0.312. The lowest BCUT2D eigenvalue weighted by Crippen LogP contribution is -2.39. The summed E-state index contributed by atoms with van der Waals surface area (Å²) >= 11 is 7.04. The molecule has 0 saturated carbocycles. The fourth-order valence-corrected chi connectivity index (χ4v) is 5.35. The molecule has 3 rings (SSSR count). The number of halogens is 1. The number of anilines is 1. The molecule has 1 aromatic heterocycles. The van der Waals surface area contributed by atoms with E-state index in [2.05, 4.69) is 5.32 Å². The van der Waals surface area contributed by atoms with Crippen LogP contribution < -0.4 is 5.32 Å². The summed E-state index contributed by atoms with van der Waals surface area (Å²) in [6.07, 6.45) is 0.596. The molecule has 25 heavy (non-hydrogen) atoms. The van der Waals surface area contributed by atoms with Gasteiger partial charge in [-0.2, -0.15) is 4.31 Å². The predicted molar refractivity (Wildman–Crippen MR) is 99.7 cm³/mol. The number of thiophene rings is 1. The molecule has 0 radical (unpaired) electrons. The van der Waals surface area contributed by atoms with Crippen LogP contribution in [-0.2, 0) is 10.0 Å². The third-order valence-corrected chi connectivity index (χ3v) is 7.45. The molecular weight excluding hydrogens is 382 g/mol. The van der Waals surface area contributed by atoms with E-state index in [1.54, 1.807) is 46.7 Å². The van der Waals surface area contributed by atoms with Crippen LogP contribution in [0.5, 0.6) is 0 Å². The van der Waals surface area contributed by atoms with E-state index in [1.165, 1.54) is 15.6 Å². The summed E-state index contributed by atoms with van der Waals surface area (Å²) < 4.78 is 27.0. The minimum atomic E-state index is -3.48. The maximum Gasteiger partial charge on any atom is 0.321 e. The Bertz CT molecular complexity index is 823. The highest BCUT2D eigenvalue weighted by Gasteiger charge is 2.28. The van der Waals surface area contributed by atoms with Gasteiger partial charge in [-0.3, -0.25) is 0 Å². The van der Waals surface area contributed by atoms with Gasteiger partial charge < -0.3 is 10.2 Å². The zero-order valence-corrected chi connectivity index (χ0v) is 15.8. The predicted octanol–water partition coefficient (Wildman–Crippen LogP) is 3.33. The highest BCUT2D eigenvalue weighted by atomic mass is 35.5. The highest BCUT2D eigenvalue weighted by molar-refractivity contribution is 7.91. The molecule has 6 nitrogen and oxygen atoms in total. The van der Waals surface area contributed by atoms with Gasteiger partial charge in [0.2, 0.25) is 0 Å². The van der Waals surface area contributed by atoms with E-state index in [-0.39, 0.29) is 12.6 Å². The molecule has 2 aromatic rings. The van der Waals surface area contributed by atoms with Crippen LogP contribution in [0.2, 0.25) is 5.02 Å². The first-order valence-electron chi connectivity index (χ1n) is 7.82. The molecule has 1 aliphatic heterocycles. The number of carbonyl (C=O) groups is 1. The lowest BCUT2D eigenvalue weighted by atomic mass is 10.3. The van der Waals surface area contributed by atoms with Crippen molar-refractivity contribution in [3.63, 3.8) is 0 Å². The molecule has 2 amide bonds. The van der Waals surface area contributed by atoms with Gasteiger partial charge in [-0.05, 0) is 42.1 Å². The topological polar surface area (TPSA) is 69.7 Å². The molecule has 0 aliphatic carbocycles. The molecule has 1 fully saturated rings. The lowest BCUT2D eigenvalue weighted by Gasteiger charge is -2.22. The third-order valence-electron chi connectivity index (χ3n) is 3.93. The number of sulfonamides is 1. The summed E-state index contributed by atoms with van der Waals surface area (Å²) in [7, 11) is -3.48. The summed E-state index contributed by atoms with van der Waals surface area (Å²) in [6.45, 7) is 1.55. The van der Waals surface area contributed by atoms with Crippen molar-refractivity contribution in [3.8, 4) is 0 Å². The van der Waals surface area contributed by atoms with Crippen molar-refractivity contribution in [2.75, 3.05) is 31.5 Å². The van der Waals surface area contributed by atoms with Gasteiger partial charge >= 0.3 is 6.03 Å². The summed E-state index contributed by atoms with van der Waals surface area (Å²) in [4.78, 5) is 14.0. The normalized spacial score (nSPS) is 16.4. The van der Waals surface area contributed by atoms with Crippen molar-refractivity contribution < 1.29 is 13.2 Å². The van der Waals surface area contributed by atoms with Crippen LogP contribution in [-0.4, -0.2) is 49.8 Å². The Balaban J connectivity index is 1.63. The standard InChI is InChI=1S/C16H18ClN3O3S2/c17-13-4-6-14(7-5-13)18-16(21)19-8-2-9-20(11-10-19)25(22,23)15-3-1-12-24-15/h1,3-7,12H,2,8-11H2,(H,18,21). The first-order chi connectivity index (χ1) is 12.0. The maximum atomic E-state index is 12.6. The molecule has 1 aliphatic rings. The van der Waals surface area contributed by atoms with Crippen LogP contribution in [0.4, 0.5) is 10.5 Å². The van der Waals surface area contributed by atoms with Crippen molar-refractivity contribution in [1.82, 2.24) is 9.21 Å². The summed E-state index contributed by atoms with van der Waals surface area (Å²) in [5, 5.41) is 5.16. The molecular formula is C16H18ClN3O3S2. The first-order valence-corrected chi connectivity index (χ1v) is 10.5. The van der Waals surface area contributed by atoms with Crippen molar-refractivity contribution in [2.24, 2.45) is 0 Å². The minimum Gasteiger partial charge on any atom is -0.323 e. The Kier molecular flexibility index (Phi) is 5.63. The minimum absolute atomic E-state index is 0.238. The average molecular weight is 400 g/mol. The molecule has 134 valence electrons. The van der Waals surface area contributed by atoms with Crippen molar-refractivity contribution in [3.05, 3.63) is 46.8 Å². The second-order valence-electron chi connectivity index (χ2n) is 5.61. The lowest BCUT2D eigenvalue weighted by molar-refractivity contribution is 0.214. The van der Waals surface area contributed by atoms with Crippen molar-refractivity contribution >= 4 is 44.7 Å². The third kappa shape index (κ3) is 4.33. The number of rotatable bonds is 3. The van der Waals surface area contributed by atoms with Gasteiger partial charge in [0.05, 0.1) is 0 Å². The van der Waals surface area contributed by atoms with Gasteiger partial charge in [0, 0.05) is 36.9 Å². The number of hydrogen-bond acceptors (Lipinski definition) is 4. The van der Waals surface area contributed by atoms with Crippen molar-refractivity contribution in [2.45, 2.75) is 10.6 Å². The molecule has 0 spiro atoms. The van der Waals surface area contributed by atoms with Gasteiger partial charge in [0.15, 0.2) is 0 Å². The highest BCUT2D eigenvalue weighted by Crippen LogP contribution is 2.22. The molecule has 1 saturated heterocycles. The molecule has 9 heteroatoms. The average Bonchev–Trinajstić information content (AvgIpc) is 3.02. The Hall–Kier alpha value is -1.61. The zero-order chi connectivity index (χ0) is 17.9. The Labute approximate surface area is 156 Å². The van der Waals surface area contributed by atoms with E-state index < -0.39 is 10.0 Å². The number of hydrogen-bond donors (Lipinski definition) is 1. The van der Waals surface area contributed by atoms with Gasteiger partial charge in [0.25, 0.3) is 10.0 Å². The molecule has 0 unspecified atom stereocenters. The second-order valence-corrected chi connectivity index (χ2v) is 9.16. The van der Waals surface area contributed by atoms with Gasteiger partial charge in [-0.1, -0.05) is 17.7 Å². The SMILES string of the molecule is O=C(Nc1ccc(Cl)cc1)N1CCCN(S(=O)(=O)c2cccs2)CC1.